The number of halogens is 2. The number of piperidine rings is 1. The Morgan fingerprint density at radius 1 is 1.09 bits per heavy atom. The maximum Gasteiger partial charge on any atom is 0.260 e. The summed E-state index contributed by atoms with van der Waals surface area (Å²) in [6.45, 7) is 1.47. The van der Waals surface area contributed by atoms with E-state index < -0.39 is 0 Å². The van der Waals surface area contributed by atoms with Crippen LogP contribution in [0.4, 0.5) is 4.39 Å². The van der Waals surface area contributed by atoms with E-state index in [2.05, 4.69) is 0 Å². The van der Waals surface area contributed by atoms with Crippen LogP contribution in [0.15, 0.2) is 48.5 Å². The zero-order valence-corrected chi connectivity index (χ0v) is 20.8. The number of carbonyl (C=O) groups excluding carboxylic acids is 2. The minimum atomic E-state index is -0.275. The van der Waals surface area contributed by atoms with Crippen molar-refractivity contribution in [2.75, 3.05) is 47.4 Å². The molecule has 1 saturated heterocycles. The highest BCUT2D eigenvalue weighted by Crippen LogP contribution is 2.27. The number of hydrogen-bond donors (Lipinski definition) is 0. The fraction of sp³-hybridized carbons (Fsp3) is 0.462. The van der Waals surface area contributed by atoms with Gasteiger partial charge >= 0.3 is 0 Å². The van der Waals surface area contributed by atoms with Gasteiger partial charge in [-0.3, -0.25) is 9.59 Å². The predicted octanol–water partition coefficient (Wildman–Crippen LogP) is 3.73. The third-order valence-electron chi connectivity index (χ3n) is 6.32. The molecule has 2 aromatic rings. The molecule has 2 amide bonds. The van der Waals surface area contributed by atoms with Gasteiger partial charge in [0.15, 0.2) is 6.61 Å². The fourth-order valence-electron chi connectivity index (χ4n) is 4.38. The Morgan fingerprint density at radius 2 is 1.74 bits per heavy atom. The smallest absolute Gasteiger partial charge is 0.260 e. The number of likely N-dealkylation sites (tertiary alicyclic amines) is 1. The molecule has 0 spiro atoms. The summed E-state index contributed by atoms with van der Waals surface area (Å²) in [5.74, 6) is 0.417. The average Bonchev–Trinajstić information content (AvgIpc) is 2.82. The molecule has 1 aliphatic rings. The maximum absolute atomic E-state index is 13.4. The van der Waals surface area contributed by atoms with Gasteiger partial charge in [-0.2, -0.15) is 0 Å². The van der Waals surface area contributed by atoms with E-state index >= 15 is 0 Å². The lowest BCUT2D eigenvalue weighted by Gasteiger charge is -2.40. The molecule has 1 aliphatic heterocycles. The largest absolute Gasteiger partial charge is 0.482 e. The summed E-state index contributed by atoms with van der Waals surface area (Å²) in [4.78, 5) is 31.0. The summed E-state index contributed by atoms with van der Waals surface area (Å²) in [6.07, 6.45) is 2.21. The number of para-hydroxylation sites is 1. The first-order valence-corrected chi connectivity index (χ1v) is 11.9. The van der Waals surface area contributed by atoms with E-state index in [1.54, 1.807) is 24.3 Å². The summed E-state index contributed by atoms with van der Waals surface area (Å²) in [5, 5.41) is 0.475. The molecule has 0 aliphatic carbocycles. The molecule has 1 atom stereocenters. The number of likely N-dealkylation sites (N-methyl/N-ethyl adjacent to an activating group) is 2. The molecule has 3 rings (SSSR count). The second-order valence-electron chi connectivity index (χ2n) is 9.08. The third-order valence-corrected chi connectivity index (χ3v) is 6.64. The van der Waals surface area contributed by atoms with Crippen LogP contribution < -0.4 is 4.74 Å². The van der Waals surface area contributed by atoms with Crippen LogP contribution in [-0.2, 0) is 16.0 Å². The highest BCUT2D eigenvalue weighted by Gasteiger charge is 2.33. The Hall–Kier alpha value is -2.64. The van der Waals surface area contributed by atoms with Gasteiger partial charge in [0.25, 0.3) is 5.91 Å². The van der Waals surface area contributed by atoms with Crippen LogP contribution in [0.2, 0.25) is 5.02 Å². The van der Waals surface area contributed by atoms with Crippen molar-refractivity contribution in [2.24, 2.45) is 5.92 Å². The van der Waals surface area contributed by atoms with Gasteiger partial charge in [-0.15, -0.1) is 0 Å². The van der Waals surface area contributed by atoms with Crippen LogP contribution in [0.3, 0.4) is 0 Å². The monoisotopic (exact) mass is 489 g/mol. The van der Waals surface area contributed by atoms with Crippen molar-refractivity contribution in [1.82, 2.24) is 14.7 Å². The van der Waals surface area contributed by atoms with Gasteiger partial charge in [-0.1, -0.05) is 35.9 Å². The highest BCUT2D eigenvalue weighted by molar-refractivity contribution is 6.32. The van der Waals surface area contributed by atoms with Crippen molar-refractivity contribution in [1.29, 1.82) is 0 Å². The SMILES string of the molecule is CN(C)CC(=O)N(C)C(Cc1ccc(F)cc1)C1CCN(C(=O)COc2ccccc2Cl)CC1. The lowest BCUT2D eigenvalue weighted by atomic mass is 9.85. The summed E-state index contributed by atoms with van der Waals surface area (Å²) in [6, 6.07) is 13.5. The Morgan fingerprint density at radius 3 is 2.35 bits per heavy atom. The molecule has 8 heteroatoms. The van der Waals surface area contributed by atoms with Crippen molar-refractivity contribution < 1.29 is 18.7 Å². The van der Waals surface area contributed by atoms with E-state index in [4.69, 9.17) is 16.3 Å². The molecule has 6 nitrogen and oxygen atoms in total. The number of nitrogens with zero attached hydrogens (tertiary/aromatic N) is 3. The number of carbonyl (C=O) groups is 2. The van der Waals surface area contributed by atoms with Gasteiger partial charge in [-0.25, -0.2) is 4.39 Å². The van der Waals surface area contributed by atoms with E-state index in [9.17, 15) is 14.0 Å². The summed E-state index contributed by atoms with van der Waals surface area (Å²) >= 11 is 6.10. The van der Waals surface area contributed by atoms with Gasteiger partial charge in [0.1, 0.15) is 11.6 Å². The van der Waals surface area contributed by atoms with Crippen LogP contribution in [0, 0.1) is 11.7 Å². The van der Waals surface area contributed by atoms with Gasteiger partial charge in [0, 0.05) is 26.2 Å². The van der Waals surface area contributed by atoms with Gasteiger partial charge in [-0.05, 0) is 69.1 Å². The van der Waals surface area contributed by atoms with Crippen molar-refractivity contribution in [3.05, 3.63) is 64.9 Å². The number of benzene rings is 2. The van der Waals surface area contributed by atoms with E-state index in [1.807, 2.05) is 48.0 Å². The molecule has 0 N–H and O–H groups in total. The highest BCUT2D eigenvalue weighted by atomic mass is 35.5. The average molecular weight is 490 g/mol. The molecular formula is C26H33ClFN3O3. The molecular weight excluding hydrogens is 457 g/mol. The molecule has 0 radical (unpaired) electrons. The lowest BCUT2D eigenvalue weighted by Crippen LogP contribution is -2.50. The molecule has 1 heterocycles. The molecule has 0 aromatic heterocycles. The van der Waals surface area contributed by atoms with Gasteiger partial charge < -0.3 is 19.4 Å². The molecule has 34 heavy (non-hydrogen) atoms. The Balaban J connectivity index is 1.62. The van der Waals surface area contributed by atoms with Crippen molar-refractivity contribution >= 4 is 23.4 Å². The summed E-state index contributed by atoms with van der Waals surface area (Å²) in [5.41, 5.74) is 0.988. The second-order valence-corrected chi connectivity index (χ2v) is 9.48. The van der Waals surface area contributed by atoms with Gasteiger partial charge in [0.05, 0.1) is 11.6 Å². The van der Waals surface area contributed by atoms with Crippen LogP contribution in [-0.4, -0.2) is 79.9 Å². The molecule has 2 aromatic carbocycles. The van der Waals surface area contributed by atoms with Gasteiger partial charge in [0.2, 0.25) is 5.91 Å². The van der Waals surface area contributed by atoms with E-state index in [0.29, 0.717) is 36.8 Å². The first kappa shape index (κ1) is 26.0. The fourth-order valence-corrected chi connectivity index (χ4v) is 4.57. The topological polar surface area (TPSA) is 53.1 Å². The molecule has 1 unspecified atom stereocenters. The summed E-state index contributed by atoms with van der Waals surface area (Å²) in [7, 11) is 5.58. The molecule has 0 saturated carbocycles. The first-order valence-electron chi connectivity index (χ1n) is 11.5. The third kappa shape index (κ3) is 7.18. The number of amides is 2. The van der Waals surface area contributed by atoms with Crippen molar-refractivity contribution in [2.45, 2.75) is 25.3 Å². The molecule has 0 bridgehead atoms. The lowest BCUT2D eigenvalue weighted by molar-refractivity contribution is -0.137. The van der Waals surface area contributed by atoms with E-state index in [-0.39, 0.29) is 36.2 Å². The van der Waals surface area contributed by atoms with Crippen LogP contribution in [0.1, 0.15) is 18.4 Å². The zero-order valence-electron chi connectivity index (χ0n) is 20.0. The zero-order chi connectivity index (χ0) is 24.7. The Kier molecular flexibility index (Phi) is 9.30. The molecule has 184 valence electrons. The molecule has 1 fully saturated rings. The second kappa shape index (κ2) is 12.2. The Bertz CT molecular complexity index is 962. The van der Waals surface area contributed by atoms with Crippen molar-refractivity contribution in [3.63, 3.8) is 0 Å². The predicted molar refractivity (Wildman–Crippen MR) is 131 cm³/mol. The van der Waals surface area contributed by atoms with Crippen molar-refractivity contribution in [3.8, 4) is 5.75 Å². The number of hydrogen-bond acceptors (Lipinski definition) is 4. The Labute approximate surface area is 206 Å². The van der Waals surface area contributed by atoms with E-state index in [1.165, 1.54) is 12.1 Å². The minimum Gasteiger partial charge on any atom is -0.482 e. The van der Waals surface area contributed by atoms with Crippen LogP contribution >= 0.6 is 11.6 Å². The normalized spacial score (nSPS) is 15.3. The number of ether oxygens (including phenoxy) is 1. The van der Waals surface area contributed by atoms with Crippen LogP contribution in [0.5, 0.6) is 5.75 Å². The van der Waals surface area contributed by atoms with Crippen LogP contribution in [0.25, 0.3) is 0 Å². The minimum absolute atomic E-state index is 0.0328. The quantitative estimate of drug-likeness (QED) is 0.538. The standard InChI is InChI=1S/C26H33ClFN3O3/c1-29(2)17-25(32)30(3)23(16-19-8-10-21(28)11-9-19)20-12-14-31(15-13-20)26(33)18-34-24-7-5-4-6-22(24)27/h4-11,20,23H,12-18H2,1-3H3. The maximum atomic E-state index is 13.4. The number of rotatable bonds is 9. The first-order chi connectivity index (χ1) is 16.2. The summed E-state index contributed by atoms with van der Waals surface area (Å²) < 4.78 is 19.0. The van der Waals surface area contributed by atoms with E-state index in [0.717, 1.165) is 18.4 Å².